The highest BCUT2D eigenvalue weighted by Crippen LogP contribution is 2.43. The van der Waals surface area contributed by atoms with Crippen LogP contribution in [0.25, 0.3) is 5.57 Å². The van der Waals surface area contributed by atoms with Gasteiger partial charge in [0.1, 0.15) is 5.82 Å². The molecule has 126 valence electrons. The highest BCUT2D eigenvalue weighted by atomic mass is 19.1. The summed E-state index contributed by atoms with van der Waals surface area (Å²) >= 11 is 0. The monoisotopic (exact) mass is 329 g/mol. The molecule has 0 fully saturated rings. The Morgan fingerprint density at radius 1 is 1.42 bits per heavy atom. The molecule has 1 aliphatic heterocycles. The second-order valence-corrected chi connectivity index (χ2v) is 6.13. The fraction of sp³-hybridized carbons (Fsp3) is 0.389. The van der Waals surface area contributed by atoms with Gasteiger partial charge in [0.2, 0.25) is 0 Å². The van der Waals surface area contributed by atoms with Gasteiger partial charge in [-0.3, -0.25) is 4.99 Å². The minimum Gasteiger partial charge on any atom is -0.411 e. The molecule has 0 saturated carbocycles. The number of hydrogen-bond donors (Lipinski definition) is 2. The Balaban J connectivity index is 2.84. The minimum atomic E-state index is -1.41. The maximum Gasteiger partial charge on any atom is 0.158 e. The Hall–Kier alpha value is -2.52. The number of aliphatic hydroxyl groups is 1. The molecule has 0 amide bonds. The van der Waals surface area contributed by atoms with Gasteiger partial charge in [0.25, 0.3) is 0 Å². The van der Waals surface area contributed by atoms with Gasteiger partial charge in [0.15, 0.2) is 5.41 Å². The van der Waals surface area contributed by atoms with Crippen molar-refractivity contribution in [3.05, 3.63) is 41.2 Å². The van der Waals surface area contributed by atoms with E-state index in [1.54, 1.807) is 19.1 Å². The van der Waals surface area contributed by atoms with Gasteiger partial charge in [-0.05, 0) is 41.7 Å². The first-order valence-electron chi connectivity index (χ1n) is 7.66. The first-order valence-corrected chi connectivity index (χ1v) is 7.66. The standard InChI is InChI=1S/C18H20FN3O2/c1-11(2)17-15(8-23)16(13-4-6-14(19)7-5-13)18(9-20,10-21-24)12(3)22-17/h4-7,10-11,17,23-24H,8H2,1-3H3/b21-10-. The summed E-state index contributed by atoms with van der Waals surface area (Å²) in [5.74, 6) is -0.301. The normalized spacial score (nSPS) is 24.4. The number of aliphatic imine (C=N–C) groups is 1. The fourth-order valence-electron chi connectivity index (χ4n) is 3.13. The van der Waals surface area contributed by atoms with Crippen molar-refractivity contribution in [2.45, 2.75) is 26.8 Å². The molecular formula is C18H20FN3O2. The summed E-state index contributed by atoms with van der Waals surface area (Å²) in [5.41, 5.74) is 0.718. The van der Waals surface area contributed by atoms with Crippen LogP contribution >= 0.6 is 0 Å². The predicted octanol–water partition coefficient (Wildman–Crippen LogP) is 3.04. The molecule has 6 heteroatoms. The molecule has 2 N–H and O–H groups in total. The first-order chi connectivity index (χ1) is 11.4. The second kappa shape index (κ2) is 6.93. The van der Waals surface area contributed by atoms with E-state index in [2.05, 4.69) is 16.2 Å². The summed E-state index contributed by atoms with van der Waals surface area (Å²) in [7, 11) is 0. The second-order valence-electron chi connectivity index (χ2n) is 6.13. The molecule has 0 aromatic heterocycles. The lowest BCUT2D eigenvalue weighted by molar-refractivity contribution is 0.312. The number of halogens is 1. The van der Waals surface area contributed by atoms with Crippen LogP contribution in [0.1, 0.15) is 26.3 Å². The van der Waals surface area contributed by atoms with Gasteiger partial charge < -0.3 is 10.3 Å². The summed E-state index contributed by atoms with van der Waals surface area (Å²) < 4.78 is 13.3. The Morgan fingerprint density at radius 2 is 2.04 bits per heavy atom. The van der Waals surface area contributed by atoms with Crippen LogP contribution in [0.15, 0.2) is 40.0 Å². The lowest BCUT2D eigenvalue weighted by atomic mass is 9.69. The van der Waals surface area contributed by atoms with Crippen molar-refractivity contribution in [3.8, 4) is 6.07 Å². The zero-order valence-corrected chi connectivity index (χ0v) is 13.9. The number of rotatable bonds is 4. The van der Waals surface area contributed by atoms with Crippen molar-refractivity contribution in [2.75, 3.05) is 6.61 Å². The Labute approximate surface area is 140 Å². The molecule has 2 rings (SSSR count). The highest BCUT2D eigenvalue weighted by molar-refractivity contribution is 6.17. The number of aliphatic hydroxyl groups excluding tert-OH is 1. The number of allylic oxidation sites excluding steroid dienone is 1. The van der Waals surface area contributed by atoms with Gasteiger partial charge in [0, 0.05) is 5.71 Å². The van der Waals surface area contributed by atoms with Crippen molar-refractivity contribution in [3.63, 3.8) is 0 Å². The minimum absolute atomic E-state index is 0.0975. The van der Waals surface area contributed by atoms with Crippen LogP contribution in [-0.2, 0) is 0 Å². The Bertz CT molecular complexity index is 745. The van der Waals surface area contributed by atoms with Gasteiger partial charge in [-0.1, -0.05) is 31.1 Å². The van der Waals surface area contributed by atoms with Gasteiger partial charge in [-0.2, -0.15) is 5.26 Å². The molecule has 1 aromatic rings. The zero-order chi connectivity index (χ0) is 17.9. The SMILES string of the molecule is CC1=NC(C(C)C)C(CO)=C(c2ccc(F)cc2)C1(C#N)/C=N\O. The fourth-order valence-corrected chi connectivity index (χ4v) is 3.13. The summed E-state index contributed by atoms with van der Waals surface area (Å²) in [6.45, 7) is 5.34. The number of nitrogens with zero attached hydrogens (tertiary/aromatic N) is 3. The van der Waals surface area contributed by atoms with E-state index in [0.717, 1.165) is 6.21 Å². The van der Waals surface area contributed by atoms with E-state index in [1.165, 1.54) is 12.1 Å². The van der Waals surface area contributed by atoms with E-state index < -0.39 is 11.2 Å². The van der Waals surface area contributed by atoms with Crippen LogP contribution in [0.2, 0.25) is 0 Å². The molecule has 24 heavy (non-hydrogen) atoms. The van der Waals surface area contributed by atoms with Gasteiger partial charge >= 0.3 is 0 Å². The van der Waals surface area contributed by atoms with Crippen LogP contribution in [0.5, 0.6) is 0 Å². The van der Waals surface area contributed by atoms with Crippen molar-refractivity contribution in [1.82, 2.24) is 0 Å². The number of benzene rings is 1. The molecule has 0 radical (unpaired) electrons. The smallest absolute Gasteiger partial charge is 0.158 e. The highest BCUT2D eigenvalue weighted by Gasteiger charge is 2.44. The average molecular weight is 329 g/mol. The topological polar surface area (TPSA) is 89.0 Å². The number of hydrogen-bond acceptors (Lipinski definition) is 5. The first kappa shape index (κ1) is 17.8. The molecule has 2 atom stereocenters. The molecule has 0 bridgehead atoms. The van der Waals surface area contributed by atoms with Crippen LogP contribution in [-0.4, -0.2) is 34.9 Å². The lowest BCUT2D eigenvalue weighted by Crippen LogP contribution is -2.40. The largest absolute Gasteiger partial charge is 0.411 e. The average Bonchev–Trinajstić information content (AvgIpc) is 2.56. The van der Waals surface area contributed by atoms with E-state index in [9.17, 15) is 14.8 Å². The van der Waals surface area contributed by atoms with Crippen LogP contribution < -0.4 is 0 Å². The molecule has 0 spiro atoms. The molecular weight excluding hydrogens is 309 g/mol. The third-order valence-electron chi connectivity index (χ3n) is 4.34. The Kier molecular flexibility index (Phi) is 5.15. The maximum absolute atomic E-state index is 13.3. The van der Waals surface area contributed by atoms with Crippen LogP contribution in [0, 0.1) is 28.5 Å². The van der Waals surface area contributed by atoms with Crippen molar-refractivity contribution >= 4 is 17.5 Å². The molecule has 0 aliphatic carbocycles. The van der Waals surface area contributed by atoms with E-state index in [4.69, 9.17) is 5.21 Å². The van der Waals surface area contributed by atoms with E-state index in [0.29, 0.717) is 22.4 Å². The zero-order valence-electron chi connectivity index (χ0n) is 13.9. The van der Waals surface area contributed by atoms with E-state index in [1.807, 2.05) is 13.8 Å². The lowest BCUT2D eigenvalue weighted by Gasteiger charge is -2.36. The molecule has 2 unspecified atom stereocenters. The maximum atomic E-state index is 13.3. The van der Waals surface area contributed by atoms with Gasteiger partial charge in [0.05, 0.1) is 24.9 Å². The number of dihydropyridines is 1. The van der Waals surface area contributed by atoms with E-state index in [-0.39, 0.29) is 18.6 Å². The molecule has 5 nitrogen and oxygen atoms in total. The summed E-state index contributed by atoms with van der Waals surface area (Å²) in [4.78, 5) is 4.57. The Morgan fingerprint density at radius 3 is 2.50 bits per heavy atom. The molecule has 1 aliphatic rings. The summed E-state index contributed by atoms with van der Waals surface area (Å²) in [5, 5.41) is 32.0. The summed E-state index contributed by atoms with van der Waals surface area (Å²) in [6, 6.07) is 7.53. The third kappa shape index (κ3) is 2.83. The molecule has 1 aromatic carbocycles. The van der Waals surface area contributed by atoms with Crippen molar-refractivity contribution in [2.24, 2.45) is 21.5 Å². The third-order valence-corrected chi connectivity index (χ3v) is 4.34. The van der Waals surface area contributed by atoms with Crippen LogP contribution in [0.4, 0.5) is 4.39 Å². The van der Waals surface area contributed by atoms with Gasteiger partial charge in [-0.15, -0.1) is 0 Å². The summed E-state index contributed by atoms with van der Waals surface area (Å²) in [6.07, 6.45) is 1.11. The molecule has 1 heterocycles. The number of nitriles is 1. The number of oxime groups is 1. The van der Waals surface area contributed by atoms with Gasteiger partial charge in [-0.25, -0.2) is 4.39 Å². The van der Waals surface area contributed by atoms with E-state index >= 15 is 0 Å². The van der Waals surface area contributed by atoms with Crippen LogP contribution in [0.3, 0.4) is 0 Å². The predicted molar refractivity (Wildman–Crippen MR) is 90.5 cm³/mol. The van der Waals surface area contributed by atoms with Crippen molar-refractivity contribution in [1.29, 1.82) is 5.26 Å². The molecule has 0 saturated heterocycles. The van der Waals surface area contributed by atoms with Crippen molar-refractivity contribution < 1.29 is 14.7 Å². The quantitative estimate of drug-likeness (QED) is 0.505.